The van der Waals surface area contributed by atoms with Gasteiger partial charge in [-0.3, -0.25) is 14.7 Å². The molecule has 0 aromatic heterocycles. The Morgan fingerprint density at radius 1 is 1.10 bits per heavy atom. The number of piperidine rings is 1. The van der Waals surface area contributed by atoms with E-state index in [1.807, 2.05) is 24.3 Å². The molecule has 1 N–H and O–H groups in total. The van der Waals surface area contributed by atoms with Crippen molar-refractivity contribution in [2.45, 2.75) is 26.8 Å². The van der Waals surface area contributed by atoms with Gasteiger partial charge in [-0.05, 0) is 36.0 Å². The fourth-order valence-electron chi connectivity index (χ4n) is 4.49. The van der Waals surface area contributed by atoms with Crippen molar-refractivity contribution in [1.82, 2.24) is 20.0 Å². The van der Waals surface area contributed by atoms with Gasteiger partial charge in [0, 0.05) is 52.9 Å². The maximum Gasteiger partial charge on any atom is 0.236 e. The summed E-state index contributed by atoms with van der Waals surface area (Å²) in [4.78, 5) is 23.7. The molecule has 0 bridgehead atoms. The quantitative estimate of drug-likeness (QED) is 0.605. The van der Waals surface area contributed by atoms with E-state index in [0.717, 1.165) is 50.8 Å². The maximum absolute atomic E-state index is 12.7. The van der Waals surface area contributed by atoms with Crippen LogP contribution >= 0.6 is 0 Å². The zero-order chi connectivity index (χ0) is 21.5. The summed E-state index contributed by atoms with van der Waals surface area (Å²) < 4.78 is 0. The Morgan fingerprint density at radius 2 is 1.73 bits per heavy atom. The number of carbonyl (C=O) groups excluding carboxylic acids is 1. The van der Waals surface area contributed by atoms with Gasteiger partial charge in [0.2, 0.25) is 5.91 Å². The monoisotopic (exact) mass is 410 g/mol. The van der Waals surface area contributed by atoms with Crippen molar-refractivity contribution in [2.75, 3.05) is 52.9 Å². The van der Waals surface area contributed by atoms with Crippen molar-refractivity contribution in [3.05, 3.63) is 35.4 Å². The molecule has 2 heterocycles. The Bertz CT molecular complexity index is 766. The number of amides is 1. The largest absolute Gasteiger partial charge is 0.352 e. The van der Waals surface area contributed by atoms with Gasteiger partial charge >= 0.3 is 0 Å². The van der Waals surface area contributed by atoms with E-state index in [-0.39, 0.29) is 5.91 Å². The van der Waals surface area contributed by atoms with Gasteiger partial charge in [-0.25, -0.2) is 0 Å². The lowest BCUT2D eigenvalue weighted by Crippen LogP contribution is -2.55. The number of guanidine groups is 1. The predicted molar refractivity (Wildman–Crippen MR) is 119 cm³/mol. The van der Waals surface area contributed by atoms with Crippen LogP contribution in [0.15, 0.2) is 29.3 Å². The van der Waals surface area contributed by atoms with Gasteiger partial charge in [0.1, 0.15) is 0 Å². The first-order valence-electron chi connectivity index (χ1n) is 10.9. The first-order valence-corrected chi connectivity index (χ1v) is 10.9. The van der Waals surface area contributed by atoms with E-state index in [1.54, 1.807) is 7.05 Å². The minimum absolute atomic E-state index is 0.269. The molecule has 2 atom stereocenters. The number of aliphatic imine (C=N–C) groups is 1. The molecule has 30 heavy (non-hydrogen) atoms. The van der Waals surface area contributed by atoms with Crippen molar-refractivity contribution in [2.24, 2.45) is 16.8 Å². The lowest BCUT2D eigenvalue weighted by molar-refractivity contribution is -0.135. The molecule has 0 spiro atoms. The van der Waals surface area contributed by atoms with E-state index in [2.05, 4.69) is 44.9 Å². The number of carbonyl (C=O) groups is 1. The highest BCUT2D eigenvalue weighted by molar-refractivity contribution is 5.80. The molecule has 0 saturated carbocycles. The number of piperazine rings is 1. The predicted octanol–water partition coefficient (Wildman–Crippen LogP) is 1.76. The van der Waals surface area contributed by atoms with Gasteiger partial charge in [-0.1, -0.05) is 26.0 Å². The molecule has 0 radical (unpaired) electrons. The van der Waals surface area contributed by atoms with Gasteiger partial charge in [0.15, 0.2) is 5.96 Å². The molecule has 2 aliphatic rings. The first-order chi connectivity index (χ1) is 14.5. The number of rotatable bonds is 4. The summed E-state index contributed by atoms with van der Waals surface area (Å²) in [5.74, 6) is 2.34. The van der Waals surface area contributed by atoms with Crippen molar-refractivity contribution in [3.63, 3.8) is 0 Å². The number of hydrogen-bond donors (Lipinski definition) is 1. The second-order valence-corrected chi connectivity index (χ2v) is 8.72. The molecular formula is C23H34N6O. The van der Waals surface area contributed by atoms with E-state index in [9.17, 15) is 4.79 Å². The number of nitriles is 1. The Balaban J connectivity index is 1.44. The number of nitrogens with one attached hydrogen (secondary N) is 1. The highest BCUT2D eigenvalue weighted by atomic mass is 16.2. The summed E-state index contributed by atoms with van der Waals surface area (Å²) in [6.45, 7) is 10.9. The van der Waals surface area contributed by atoms with Crippen LogP contribution in [-0.2, 0) is 11.3 Å². The van der Waals surface area contributed by atoms with Crippen LogP contribution in [0.2, 0.25) is 0 Å². The topological polar surface area (TPSA) is 75.0 Å². The second kappa shape index (κ2) is 10.4. The highest BCUT2D eigenvalue weighted by Crippen LogP contribution is 2.21. The normalized spacial score (nSPS) is 23.2. The summed E-state index contributed by atoms with van der Waals surface area (Å²) in [5.41, 5.74) is 1.78. The second-order valence-electron chi connectivity index (χ2n) is 8.72. The minimum atomic E-state index is 0.269. The van der Waals surface area contributed by atoms with E-state index in [4.69, 9.17) is 5.26 Å². The third-order valence-corrected chi connectivity index (χ3v) is 6.00. The van der Waals surface area contributed by atoms with Crippen LogP contribution in [-0.4, -0.2) is 79.4 Å². The summed E-state index contributed by atoms with van der Waals surface area (Å²) in [7, 11) is 1.80. The average molecular weight is 411 g/mol. The Kier molecular flexibility index (Phi) is 7.69. The van der Waals surface area contributed by atoms with Gasteiger partial charge in [0.25, 0.3) is 0 Å². The van der Waals surface area contributed by atoms with Gasteiger partial charge in [-0.2, -0.15) is 5.26 Å². The van der Waals surface area contributed by atoms with Crippen molar-refractivity contribution < 1.29 is 4.79 Å². The van der Waals surface area contributed by atoms with Crippen LogP contribution in [0.1, 0.15) is 31.4 Å². The number of nitrogens with zero attached hydrogens (tertiary/aromatic N) is 5. The zero-order valence-corrected chi connectivity index (χ0v) is 18.5. The number of benzene rings is 1. The Hall–Kier alpha value is -2.59. The molecule has 2 unspecified atom stereocenters. The van der Waals surface area contributed by atoms with Gasteiger partial charge in [-0.15, -0.1) is 0 Å². The molecule has 1 amide bonds. The van der Waals surface area contributed by atoms with Crippen LogP contribution in [0.4, 0.5) is 0 Å². The maximum atomic E-state index is 12.7. The molecule has 7 nitrogen and oxygen atoms in total. The van der Waals surface area contributed by atoms with Crippen LogP contribution in [0, 0.1) is 23.2 Å². The van der Waals surface area contributed by atoms with Crippen molar-refractivity contribution in [1.29, 1.82) is 5.26 Å². The van der Waals surface area contributed by atoms with E-state index in [1.165, 1.54) is 6.42 Å². The standard InChI is InChI=1S/C23H34N6O/c1-18-12-19(2)16-29(15-18)22(30)17-27-8-10-28(11-9-27)23(25-3)26-14-21-6-4-20(13-24)5-7-21/h4-7,18-19H,8-12,14-17H2,1-3H3,(H,25,26). The van der Waals surface area contributed by atoms with Crippen molar-refractivity contribution >= 4 is 11.9 Å². The van der Waals surface area contributed by atoms with Crippen molar-refractivity contribution in [3.8, 4) is 6.07 Å². The highest BCUT2D eigenvalue weighted by Gasteiger charge is 2.28. The smallest absolute Gasteiger partial charge is 0.236 e. The van der Waals surface area contributed by atoms with Gasteiger partial charge in [0.05, 0.1) is 18.2 Å². The molecular weight excluding hydrogens is 376 g/mol. The molecule has 7 heteroatoms. The number of likely N-dealkylation sites (tertiary alicyclic amines) is 1. The molecule has 162 valence electrons. The third-order valence-electron chi connectivity index (χ3n) is 6.00. The van der Waals surface area contributed by atoms with Crippen LogP contribution in [0.25, 0.3) is 0 Å². The fourth-order valence-corrected chi connectivity index (χ4v) is 4.49. The molecule has 0 aliphatic carbocycles. The van der Waals surface area contributed by atoms with E-state index >= 15 is 0 Å². The molecule has 2 aliphatic heterocycles. The van der Waals surface area contributed by atoms with Crippen LogP contribution in [0.3, 0.4) is 0 Å². The molecule has 3 rings (SSSR count). The zero-order valence-electron chi connectivity index (χ0n) is 18.5. The molecule has 1 aromatic carbocycles. The average Bonchev–Trinajstić information content (AvgIpc) is 2.75. The Labute approximate surface area is 180 Å². The summed E-state index contributed by atoms with van der Waals surface area (Å²) >= 11 is 0. The summed E-state index contributed by atoms with van der Waals surface area (Å²) in [5, 5.41) is 12.3. The molecule has 1 aromatic rings. The minimum Gasteiger partial charge on any atom is -0.352 e. The van der Waals surface area contributed by atoms with E-state index in [0.29, 0.717) is 30.5 Å². The van der Waals surface area contributed by atoms with Gasteiger partial charge < -0.3 is 15.1 Å². The van der Waals surface area contributed by atoms with E-state index < -0.39 is 0 Å². The lowest BCUT2D eigenvalue weighted by atomic mass is 9.92. The number of hydrogen-bond acceptors (Lipinski definition) is 4. The fraction of sp³-hybridized carbons (Fsp3) is 0.609. The Morgan fingerprint density at radius 3 is 2.30 bits per heavy atom. The summed E-state index contributed by atoms with van der Waals surface area (Å²) in [6, 6.07) is 9.73. The molecule has 2 fully saturated rings. The lowest BCUT2D eigenvalue weighted by Gasteiger charge is -2.39. The first kappa shape index (κ1) is 22.1. The SMILES string of the molecule is CN=C(NCc1ccc(C#N)cc1)N1CCN(CC(=O)N2CC(C)CC(C)C2)CC1. The third kappa shape index (κ3) is 5.96. The van der Waals surface area contributed by atoms with Crippen LogP contribution in [0.5, 0.6) is 0 Å². The molecule has 2 saturated heterocycles. The summed E-state index contributed by atoms with van der Waals surface area (Å²) in [6.07, 6.45) is 1.22. The van der Waals surface area contributed by atoms with Crippen LogP contribution < -0.4 is 5.32 Å².